The Balaban J connectivity index is 2.54. The van der Waals surface area contributed by atoms with Crippen molar-refractivity contribution >= 4 is 11.9 Å². The molecule has 0 bridgehead atoms. The lowest BCUT2D eigenvalue weighted by atomic mass is 9.90. The van der Waals surface area contributed by atoms with Crippen LogP contribution in [0.1, 0.15) is 45.0 Å². The van der Waals surface area contributed by atoms with Gasteiger partial charge >= 0.3 is 5.97 Å². The van der Waals surface area contributed by atoms with E-state index < -0.39 is 24.0 Å². The largest absolute Gasteiger partial charge is 0.493 e. The predicted octanol–water partition coefficient (Wildman–Crippen LogP) is 2.93. The number of ether oxygens (including phenoxy) is 2. The number of hydrogen-bond donors (Lipinski definition) is 1. The minimum atomic E-state index is -1.00. The van der Waals surface area contributed by atoms with E-state index in [2.05, 4.69) is 11.4 Å². The molecule has 0 radical (unpaired) electrons. The van der Waals surface area contributed by atoms with Gasteiger partial charge in [0, 0.05) is 0 Å². The van der Waals surface area contributed by atoms with Gasteiger partial charge in [-0.1, -0.05) is 27.7 Å². The summed E-state index contributed by atoms with van der Waals surface area (Å²) in [4.78, 5) is 23.9. The van der Waals surface area contributed by atoms with E-state index in [1.54, 1.807) is 31.2 Å². The lowest BCUT2D eigenvalue weighted by Gasteiger charge is -2.27. The molecule has 0 aromatic heterocycles. The number of amides is 1. The Labute approximate surface area is 149 Å². The summed E-state index contributed by atoms with van der Waals surface area (Å²) in [6.45, 7) is 9.55. The molecule has 0 spiro atoms. The van der Waals surface area contributed by atoms with Crippen LogP contribution in [0.2, 0.25) is 0 Å². The Morgan fingerprint density at radius 3 is 2.28 bits per heavy atom. The molecule has 0 aliphatic carbocycles. The number of carbonyl (C=O) groups excluding carboxylic acids is 2. The van der Waals surface area contributed by atoms with Crippen LogP contribution in [-0.2, 0) is 9.53 Å². The van der Waals surface area contributed by atoms with Crippen LogP contribution < -0.4 is 10.1 Å². The van der Waals surface area contributed by atoms with Gasteiger partial charge in [0.25, 0.3) is 5.91 Å². The topological polar surface area (TPSA) is 88.4 Å². The zero-order valence-corrected chi connectivity index (χ0v) is 15.5. The third-order valence-electron chi connectivity index (χ3n) is 3.79. The van der Waals surface area contributed by atoms with Crippen LogP contribution >= 0.6 is 0 Å². The first-order valence-electron chi connectivity index (χ1n) is 8.30. The summed E-state index contributed by atoms with van der Waals surface area (Å²) in [5.74, 6) is -0.106. The number of nitrogens with one attached hydrogen (secondary N) is 1. The average Bonchev–Trinajstić information content (AvgIpc) is 2.57. The zero-order valence-electron chi connectivity index (χ0n) is 15.5. The number of benzene rings is 1. The molecule has 1 amide bonds. The molecule has 0 saturated heterocycles. The molecule has 0 aliphatic rings. The predicted molar refractivity (Wildman–Crippen MR) is 94.1 cm³/mol. The normalized spacial score (nSPS) is 13.0. The van der Waals surface area contributed by atoms with E-state index >= 15 is 0 Å². The molecule has 0 aliphatic heterocycles. The van der Waals surface area contributed by atoms with Crippen molar-refractivity contribution in [2.45, 2.75) is 40.2 Å². The Kier molecular flexibility index (Phi) is 7.43. The summed E-state index contributed by atoms with van der Waals surface area (Å²) in [6.07, 6.45) is 0. The number of hydrogen-bond acceptors (Lipinski definition) is 5. The van der Waals surface area contributed by atoms with Crippen molar-refractivity contribution in [2.75, 3.05) is 13.2 Å². The number of esters is 1. The minimum Gasteiger partial charge on any atom is -0.493 e. The van der Waals surface area contributed by atoms with Crippen molar-refractivity contribution in [3.8, 4) is 11.8 Å². The van der Waals surface area contributed by atoms with E-state index in [9.17, 15) is 14.9 Å². The Bertz CT molecular complexity index is 632. The monoisotopic (exact) mass is 346 g/mol. The number of rotatable bonds is 8. The fourth-order valence-electron chi connectivity index (χ4n) is 1.79. The SMILES string of the molecule is CC(C)COc1ccc(C(=O)OCC(=O)N[C@@](C)(C#N)C(C)C)cc1. The molecule has 1 rings (SSSR count). The molecule has 6 heteroatoms. The highest BCUT2D eigenvalue weighted by atomic mass is 16.5. The molecule has 0 unspecified atom stereocenters. The van der Waals surface area contributed by atoms with Crippen LogP contribution in [0, 0.1) is 23.2 Å². The van der Waals surface area contributed by atoms with E-state index in [4.69, 9.17) is 9.47 Å². The van der Waals surface area contributed by atoms with Crippen LogP contribution in [-0.4, -0.2) is 30.6 Å². The molecule has 1 atom stereocenters. The number of nitriles is 1. The first kappa shape index (κ1) is 20.5. The van der Waals surface area contributed by atoms with Gasteiger partial charge in [0.05, 0.1) is 18.2 Å². The van der Waals surface area contributed by atoms with Crippen LogP contribution in [0.25, 0.3) is 0 Å². The lowest BCUT2D eigenvalue weighted by molar-refractivity contribution is -0.125. The third kappa shape index (κ3) is 6.46. The zero-order chi connectivity index (χ0) is 19.0. The van der Waals surface area contributed by atoms with Crippen molar-refractivity contribution in [2.24, 2.45) is 11.8 Å². The summed E-state index contributed by atoms with van der Waals surface area (Å²) < 4.78 is 10.5. The second-order valence-electron chi connectivity index (χ2n) is 6.82. The molecule has 1 aromatic rings. The van der Waals surface area contributed by atoms with Crippen molar-refractivity contribution in [1.29, 1.82) is 5.26 Å². The van der Waals surface area contributed by atoms with E-state index in [0.717, 1.165) is 0 Å². The molecule has 6 nitrogen and oxygen atoms in total. The first-order chi connectivity index (χ1) is 11.7. The van der Waals surface area contributed by atoms with Crippen molar-refractivity contribution in [3.63, 3.8) is 0 Å². The standard InChI is InChI=1S/C19H26N2O4/c1-13(2)10-24-16-8-6-15(7-9-16)18(23)25-11-17(22)21-19(5,12-20)14(3)4/h6-9,13-14H,10-11H2,1-5H3,(H,21,22)/t19-/m0/s1. The van der Waals surface area contributed by atoms with E-state index in [1.807, 2.05) is 27.7 Å². The maximum Gasteiger partial charge on any atom is 0.338 e. The number of nitrogens with zero attached hydrogens (tertiary/aromatic N) is 1. The quantitative estimate of drug-likeness (QED) is 0.731. The van der Waals surface area contributed by atoms with E-state index in [0.29, 0.717) is 23.8 Å². The molecule has 136 valence electrons. The van der Waals surface area contributed by atoms with Gasteiger partial charge in [0.15, 0.2) is 6.61 Å². The molecule has 0 saturated carbocycles. The van der Waals surface area contributed by atoms with Crippen LogP contribution in [0.3, 0.4) is 0 Å². The maximum atomic E-state index is 12.0. The summed E-state index contributed by atoms with van der Waals surface area (Å²) in [6, 6.07) is 8.61. The third-order valence-corrected chi connectivity index (χ3v) is 3.79. The maximum absolute atomic E-state index is 12.0. The van der Waals surface area contributed by atoms with Gasteiger partial charge in [-0.3, -0.25) is 4.79 Å². The van der Waals surface area contributed by atoms with Gasteiger partial charge in [0.2, 0.25) is 0 Å². The fraction of sp³-hybridized carbons (Fsp3) is 0.526. The molecule has 1 aromatic carbocycles. The van der Waals surface area contributed by atoms with Gasteiger partial charge in [-0.25, -0.2) is 4.79 Å². The van der Waals surface area contributed by atoms with Crippen molar-refractivity contribution in [3.05, 3.63) is 29.8 Å². The molecule has 0 heterocycles. The van der Waals surface area contributed by atoms with Crippen LogP contribution in [0.15, 0.2) is 24.3 Å². The van der Waals surface area contributed by atoms with Gasteiger partial charge in [-0.15, -0.1) is 0 Å². The van der Waals surface area contributed by atoms with E-state index in [1.165, 1.54) is 0 Å². The van der Waals surface area contributed by atoms with Gasteiger partial charge in [0.1, 0.15) is 11.3 Å². The average molecular weight is 346 g/mol. The summed E-state index contributed by atoms with van der Waals surface area (Å²) >= 11 is 0. The van der Waals surface area contributed by atoms with Crippen molar-refractivity contribution in [1.82, 2.24) is 5.32 Å². The molecule has 25 heavy (non-hydrogen) atoms. The highest BCUT2D eigenvalue weighted by molar-refractivity contribution is 5.91. The minimum absolute atomic E-state index is 0.0736. The Morgan fingerprint density at radius 2 is 1.80 bits per heavy atom. The number of carbonyl (C=O) groups is 2. The summed E-state index contributed by atoms with van der Waals surface area (Å²) in [7, 11) is 0. The first-order valence-corrected chi connectivity index (χ1v) is 8.30. The molecular formula is C19H26N2O4. The highest BCUT2D eigenvalue weighted by Gasteiger charge is 2.30. The summed E-state index contributed by atoms with van der Waals surface area (Å²) in [5.41, 5.74) is -0.671. The lowest BCUT2D eigenvalue weighted by Crippen LogP contribution is -2.50. The second kappa shape index (κ2) is 9.07. The highest BCUT2D eigenvalue weighted by Crippen LogP contribution is 2.16. The van der Waals surface area contributed by atoms with Crippen LogP contribution in [0.5, 0.6) is 5.75 Å². The fourth-order valence-corrected chi connectivity index (χ4v) is 1.79. The summed E-state index contributed by atoms with van der Waals surface area (Å²) in [5, 5.41) is 11.8. The smallest absolute Gasteiger partial charge is 0.338 e. The van der Waals surface area contributed by atoms with Crippen LogP contribution in [0.4, 0.5) is 0 Å². The molecule has 0 fully saturated rings. The van der Waals surface area contributed by atoms with Crippen molar-refractivity contribution < 1.29 is 19.1 Å². The van der Waals surface area contributed by atoms with Gasteiger partial charge in [-0.2, -0.15) is 5.26 Å². The molecular weight excluding hydrogens is 320 g/mol. The second-order valence-corrected chi connectivity index (χ2v) is 6.82. The van der Waals surface area contributed by atoms with Gasteiger partial charge in [-0.05, 0) is 43.0 Å². The van der Waals surface area contributed by atoms with E-state index in [-0.39, 0.29) is 5.92 Å². The van der Waals surface area contributed by atoms with Gasteiger partial charge < -0.3 is 14.8 Å². The molecule has 1 N–H and O–H groups in total. The Morgan fingerprint density at radius 1 is 1.20 bits per heavy atom. The Hall–Kier alpha value is -2.55.